The normalized spacial score (nSPS) is 10.7. The molecular formula is C8H9N3. The summed E-state index contributed by atoms with van der Waals surface area (Å²) in [6.45, 7) is 1.97. The van der Waals surface area contributed by atoms with Crippen LogP contribution in [0.5, 0.6) is 0 Å². The van der Waals surface area contributed by atoms with E-state index < -0.39 is 0 Å². The highest BCUT2D eigenvalue weighted by molar-refractivity contribution is 5.70. The molecule has 0 aliphatic rings. The van der Waals surface area contributed by atoms with Crippen LogP contribution in [0.2, 0.25) is 0 Å². The quantitative estimate of drug-likeness (QED) is 0.562. The molecule has 0 aliphatic heterocycles. The van der Waals surface area contributed by atoms with Gasteiger partial charge in [0.25, 0.3) is 0 Å². The lowest BCUT2D eigenvalue weighted by Crippen LogP contribution is -1.85. The van der Waals surface area contributed by atoms with Crippen LogP contribution < -0.4 is 0 Å². The Labute approximate surface area is 64.7 Å². The second-order valence-electron chi connectivity index (χ2n) is 2.65. The molecule has 0 unspecified atom stereocenters. The van der Waals surface area contributed by atoms with Crippen molar-refractivity contribution in [1.29, 1.82) is 0 Å². The Morgan fingerprint density at radius 2 is 2.18 bits per heavy atom. The summed E-state index contributed by atoms with van der Waals surface area (Å²) in [6.07, 6.45) is 1.77. The van der Waals surface area contributed by atoms with Crippen LogP contribution in [-0.4, -0.2) is 14.5 Å². The van der Waals surface area contributed by atoms with E-state index >= 15 is 0 Å². The molecule has 2 heterocycles. The summed E-state index contributed by atoms with van der Waals surface area (Å²) >= 11 is 0. The van der Waals surface area contributed by atoms with Gasteiger partial charge >= 0.3 is 0 Å². The third-order valence-electron chi connectivity index (χ3n) is 1.73. The van der Waals surface area contributed by atoms with Gasteiger partial charge in [-0.15, -0.1) is 0 Å². The van der Waals surface area contributed by atoms with E-state index in [0.29, 0.717) is 0 Å². The van der Waals surface area contributed by atoms with Gasteiger partial charge in [-0.3, -0.25) is 0 Å². The van der Waals surface area contributed by atoms with Crippen LogP contribution in [0, 0.1) is 6.92 Å². The number of hydrogen-bond donors (Lipinski definition) is 0. The molecular weight excluding hydrogens is 138 g/mol. The fourth-order valence-corrected chi connectivity index (χ4v) is 1.11. The van der Waals surface area contributed by atoms with Gasteiger partial charge in [0.15, 0.2) is 5.65 Å². The van der Waals surface area contributed by atoms with Crippen molar-refractivity contribution in [3.63, 3.8) is 0 Å². The predicted octanol–water partition coefficient (Wildman–Crippen LogP) is 1.28. The molecule has 0 aliphatic carbocycles. The minimum atomic E-state index is 0.826. The van der Waals surface area contributed by atoms with E-state index in [0.717, 1.165) is 16.9 Å². The van der Waals surface area contributed by atoms with E-state index in [2.05, 4.69) is 9.97 Å². The van der Waals surface area contributed by atoms with Crippen LogP contribution in [0.15, 0.2) is 18.5 Å². The van der Waals surface area contributed by atoms with E-state index in [1.807, 2.05) is 30.7 Å². The first-order chi connectivity index (χ1) is 5.27. The van der Waals surface area contributed by atoms with E-state index in [9.17, 15) is 0 Å². The Morgan fingerprint density at radius 3 is 3.00 bits per heavy atom. The van der Waals surface area contributed by atoms with Gasteiger partial charge in [0.2, 0.25) is 0 Å². The maximum atomic E-state index is 4.26. The third-order valence-corrected chi connectivity index (χ3v) is 1.73. The van der Waals surface area contributed by atoms with E-state index in [1.54, 1.807) is 6.33 Å². The lowest BCUT2D eigenvalue weighted by Gasteiger charge is -1.93. The minimum Gasteiger partial charge on any atom is -0.332 e. The summed E-state index contributed by atoms with van der Waals surface area (Å²) in [5.41, 5.74) is 2.92. The smallest absolute Gasteiger partial charge is 0.177 e. The number of pyridine rings is 1. The van der Waals surface area contributed by atoms with Gasteiger partial charge in [0, 0.05) is 12.7 Å². The summed E-state index contributed by atoms with van der Waals surface area (Å²) in [5, 5.41) is 0. The Hall–Kier alpha value is -1.38. The zero-order valence-electron chi connectivity index (χ0n) is 6.57. The molecule has 3 heteroatoms. The van der Waals surface area contributed by atoms with Crippen molar-refractivity contribution in [3.05, 3.63) is 24.2 Å². The fraction of sp³-hybridized carbons (Fsp3) is 0.250. The largest absolute Gasteiger partial charge is 0.332 e. The van der Waals surface area contributed by atoms with Crippen LogP contribution >= 0.6 is 0 Å². The van der Waals surface area contributed by atoms with E-state index in [4.69, 9.17) is 0 Å². The number of aryl methyl sites for hydroxylation is 2. The number of rotatable bonds is 0. The number of aromatic nitrogens is 3. The van der Waals surface area contributed by atoms with Crippen molar-refractivity contribution in [1.82, 2.24) is 14.5 Å². The fourth-order valence-electron chi connectivity index (χ4n) is 1.11. The SMILES string of the molecule is Cc1ccc2c(ncn2C)n1. The van der Waals surface area contributed by atoms with Crippen LogP contribution in [-0.2, 0) is 7.05 Å². The zero-order chi connectivity index (χ0) is 7.84. The zero-order valence-corrected chi connectivity index (χ0v) is 6.57. The first-order valence-electron chi connectivity index (χ1n) is 3.52. The first-order valence-corrected chi connectivity index (χ1v) is 3.52. The molecule has 0 saturated carbocycles. The number of fused-ring (bicyclic) bond motifs is 1. The predicted molar refractivity (Wildman–Crippen MR) is 43.2 cm³/mol. The van der Waals surface area contributed by atoms with Crippen LogP contribution in [0.1, 0.15) is 5.69 Å². The monoisotopic (exact) mass is 147 g/mol. The Kier molecular flexibility index (Phi) is 1.18. The molecule has 0 aromatic carbocycles. The van der Waals surface area contributed by atoms with E-state index in [1.165, 1.54) is 0 Å². The van der Waals surface area contributed by atoms with Gasteiger partial charge in [-0.25, -0.2) is 9.97 Å². The van der Waals surface area contributed by atoms with Crippen molar-refractivity contribution >= 4 is 11.2 Å². The van der Waals surface area contributed by atoms with Crippen molar-refractivity contribution in [2.45, 2.75) is 6.92 Å². The highest BCUT2D eigenvalue weighted by Crippen LogP contribution is 2.08. The molecule has 0 amide bonds. The molecule has 2 aromatic heterocycles. The lowest BCUT2D eigenvalue weighted by molar-refractivity contribution is 0.947. The number of hydrogen-bond acceptors (Lipinski definition) is 2. The second kappa shape index (κ2) is 2.05. The van der Waals surface area contributed by atoms with Gasteiger partial charge < -0.3 is 4.57 Å². The molecule has 0 atom stereocenters. The summed E-state index contributed by atoms with van der Waals surface area (Å²) in [7, 11) is 1.96. The summed E-state index contributed by atoms with van der Waals surface area (Å²) < 4.78 is 1.96. The van der Waals surface area contributed by atoms with Gasteiger partial charge in [-0.2, -0.15) is 0 Å². The topological polar surface area (TPSA) is 30.7 Å². The average molecular weight is 147 g/mol. The van der Waals surface area contributed by atoms with Crippen molar-refractivity contribution in [2.24, 2.45) is 7.05 Å². The molecule has 11 heavy (non-hydrogen) atoms. The molecule has 0 bridgehead atoms. The maximum Gasteiger partial charge on any atom is 0.177 e. The van der Waals surface area contributed by atoms with Crippen LogP contribution in [0.4, 0.5) is 0 Å². The average Bonchev–Trinajstić information content (AvgIpc) is 2.32. The first kappa shape index (κ1) is 6.34. The Bertz CT molecular complexity index is 389. The molecule has 2 aromatic rings. The number of nitrogens with zero attached hydrogens (tertiary/aromatic N) is 3. The third kappa shape index (κ3) is 0.888. The molecule has 0 N–H and O–H groups in total. The van der Waals surface area contributed by atoms with Gasteiger partial charge in [-0.1, -0.05) is 0 Å². The number of imidazole rings is 1. The summed E-state index contributed by atoms with van der Waals surface area (Å²) in [4.78, 5) is 8.40. The molecule has 2 rings (SSSR count). The lowest BCUT2D eigenvalue weighted by atomic mass is 10.3. The minimum absolute atomic E-state index is 0.826. The van der Waals surface area contributed by atoms with Gasteiger partial charge in [-0.05, 0) is 19.1 Å². The highest BCUT2D eigenvalue weighted by atomic mass is 15.1. The molecule has 0 spiro atoms. The molecule has 56 valence electrons. The molecule has 0 radical (unpaired) electrons. The van der Waals surface area contributed by atoms with Crippen LogP contribution in [0.25, 0.3) is 11.2 Å². The molecule has 3 nitrogen and oxygen atoms in total. The Morgan fingerprint density at radius 1 is 1.36 bits per heavy atom. The maximum absolute atomic E-state index is 4.26. The summed E-state index contributed by atoms with van der Waals surface area (Å²) in [5.74, 6) is 0. The Balaban J connectivity index is 2.86. The molecule has 0 fully saturated rings. The highest BCUT2D eigenvalue weighted by Gasteiger charge is 1.98. The second-order valence-corrected chi connectivity index (χ2v) is 2.65. The van der Waals surface area contributed by atoms with Crippen molar-refractivity contribution < 1.29 is 0 Å². The van der Waals surface area contributed by atoms with Gasteiger partial charge in [0.1, 0.15) is 0 Å². The van der Waals surface area contributed by atoms with Crippen molar-refractivity contribution in [2.75, 3.05) is 0 Å². The summed E-state index contributed by atoms with van der Waals surface area (Å²) in [6, 6.07) is 4.02. The van der Waals surface area contributed by atoms with E-state index in [-0.39, 0.29) is 0 Å². The molecule has 0 saturated heterocycles. The van der Waals surface area contributed by atoms with Crippen molar-refractivity contribution in [3.8, 4) is 0 Å². The standard InChI is InChI=1S/C8H9N3/c1-6-3-4-7-8(10-6)9-5-11(7)2/h3-5H,1-2H3. The van der Waals surface area contributed by atoms with Crippen LogP contribution in [0.3, 0.4) is 0 Å². The van der Waals surface area contributed by atoms with Gasteiger partial charge in [0.05, 0.1) is 11.8 Å².